The van der Waals surface area contributed by atoms with E-state index in [0.717, 1.165) is 16.0 Å². The zero-order chi connectivity index (χ0) is 11.1. The molecule has 0 radical (unpaired) electrons. The quantitative estimate of drug-likeness (QED) is 0.882. The number of aromatic amines is 1. The minimum atomic E-state index is 0.683. The van der Waals surface area contributed by atoms with Crippen LogP contribution in [0.25, 0.3) is 11.3 Å². The van der Waals surface area contributed by atoms with Gasteiger partial charge in [-0.15, -0.1) is 0 Å². The number of hydrogen-bond acceptors (Lipinski definition) is 1. The van der Waals surface area contributed by atoms with E-state index < -0.39 is 0 Å². The maximum atomic E-state index is 4.44. The number of nitrogens with one attached hydrogen (secondary N) is 1. The van der Waals surface area contributed by atoms with E-state index in [1.165, 1.54) is 24.0 Å². The minimum absolute atomic E-state index is 0.683. The lowest BCUT2D eigenvalue weighted by Crippen LogP contribution is -1.83. The molecule has 1 aliphatic rings. The van der Waals surface area contributed by atoms with Gasteiger partial charge in [0.1, 0.15) is 5.82 Å². The third-order valence-corrected chi connectivity index (χ3v) is 3.90. The molecule has 82 valence electrons. The molecule has 16 heavy (non-hydrogen) atoms. The Balaban J connectivity index is 1.97. The predicted molar refractivity (Wildman–Crippen MR) is 68.4 cm³/mol. The summed E-state index contributed by atoms with van der Waals surface area (Å²) in [6.07, 6.45) is 4.50. The van der Waals surface area contributed by atoms with Gasteiger partial charge in [0.25, 0.3) is 0 Å². The van der Waals surface area contributed by atoms with E-state index in [-0.39, 0.29) is 0 Å². The number of aryl methyl sites for hydroxylation is 1. The normalized spacial score (nSPS) is 15.4. The lowest BCUT2D eigenvalue weighted by atomic mass is 10.1. The zero-order valence-corrected chi connectivity index (χ0v) is 10.7. The lowest BCUT2D eigenvalue weighted by Gasteiger charge is -2.01. The van der Waals surface area contributed by atoms with Crippen LogP contribution < -0.4 is 0 Å². The fraction of sp³-hybridized carbons (Fsp3) is 0.308. The van der Waals surface area contributed by atoms with Crippen molar-refractivity contribution in [1.29, 1.82) is 0 Å². The second-order valence-electron chi connectivity index (χ2n) is 4.42. The Morgan fingerprint density at radius 2 is 2.19 bits per heavy atom. The van der Waals surface area contributed by atoms with Gasteiger partial charge >= 0.3 is 0 Å². The SMILES string of the molecule is Cc1ccc(-c2cnc(C3CC3)[nH]2)cc1Br. The number of imidazole rings is 1. The summed E-state index contributed by atoms with van der Waals surface area (Å²) in [4.78, 5) is 7.84. The fourth-order valence-electron chi connectivity index (χ4n) is 1.81. The summed E-state index contributed by atoms with van der Waals surface area (Å²) in [6.45, 7) is 2.09. The molecule has 1 fully saturated rings. The largest absolute Gasteiger partial charge is 0.342 e. The second-order valence-corrected chi connectivity index (χ2v) is 5.27. The molecule has 0 atom stereocenters. The van der Waals surface area contributed by atoms with Crippen molar-refractivity contribution < 1.29 is 0 Å². The molecule has 0 bridgehead atoms. The van der Waals surface area contributed by atoms with E-state index in [1.54, 1.807) is 0 Å². The van der Waals surface area contributed by atoms with Crippen LogP contribution in [0.4, 0.5) is 0 Å². The van der Waals surface area contributed by atoms with E-state index in [2.05, 4.69) is 51.0 Å². The van der Waals surface area contributed by atoms with Crippen LogP contribution in [0.1, 0.15) is 30.1 Å². The maximum absolute atomic E-state index is 4.44. The highest BCUT2D eigenvalue weighted by Crippen LogP contribution is 2.39. The first kappa shape index (κ1) is 10.1. The molecule has 0 unspecified atom stereocenters. The molecule has 2 aromatic rings. The highest BCUT2D eigenvalue weighted by molar-refractivity contribution is 9.10. The molecule has 3 rings (SSSR count). The van der Waals surface area contributed by atoms with Crippen LogP contribution in [-0.4, -0.2) is 9.97 Å². The predicted octanol–water partition coefficient (Wildman–Crippen LogP) is 4.03. The monoisotopic (exact) mass is 276 g/mol. The Kier molecular flexibility index (Phi) is 2.36. The minimum Gasteiger partial charge on any atom is -0.342 e. The van der Waals surface area contributed by atoms with Crippen molar-refractivity contribution in [2.45, 2.75) is 25.7 Å². The van der Waals surface area contributed by atoms with Gasteiger partial charge in [-0.05, 0) is 31.4 Å². The third-order valence-electron chi connectivity index (χ3n) is 3.04. The maximum Gasteiger partial charge on any atom is 0.109 e. The molecular weight excluding hydrogens is 264 g/mol. The molecule has 1 aliphatic carbocycles. The van der Waals surface area contributed by atoms with Gasteiger partial charge in [-0.1, -0.05) is 28.1 Å². The van der Waals surface area contributed by atoms with Gasteiger partial charge in [-0.3, -0.25) is 0 Å². The Labute approximate surface area is 103 Å². The molecule has 2 nitrogen and oxygen atoms in total. The van der Waals surface area contributed by atoms with Crippen molar-refractivity contribution in [1.82, 2.24) is 9.97 Å². The highest BCUT2D eigenvalue weighted by Gasteiger charge is 2.26. The van der Waals surface area contributed by atoms with Crippen LogP contribution in [0.2, 0.25) is 0 Å². The summed E-state index contributed by atoms with van der Waals surface area (Å²) in [7, 11) is 0. The van der Waals surface area contributed by atoms with Crippen LogP contribution in [0.5, 0.6) is 0 Å². The molecular formula is C13H13BrN2. The zero-order valence-electron chi connectivity index (χ0n) is 9.13. The summed E-state index contributed by atoms with van der Waals surface area (Å²) in [6, 6.07) is 6.39. The van der Waals surface area contributed by atoms with Crippen LogP contribution in [0.15, 0.2) is 28.9 Å². The van der Waals surface area contributed by atoms with Crippen molar-refractivity contribution in [2.75, 3.05) is 0 Å². The number of hydrogen-bond donors (Lipinski definition) is 1. The second kappa shape index (κ2) is 3.74. The van der Waals surface area contributed by atoms with Gasteiger partial charge in [-0.25, -0.2) is 4.98 Å². The fourth-order valence-corrected chi connectivity index (χ4v) is 2.19. The van der Waals surface area contributed by atoms with Gasteiger partial charge in [0.2, 0.25) is 0 Å². The first-order valence-electron chi connectivity index (χ1n) is 5.55. The third kappa shape index (κ3) is 1.80. The number of halogens is 1. The molecule has 3 heteroatoms. The van der Waals surface area contributed by atoms with E-state index >= 15 is 0 Å². The summed E-state index contributed by atoms with van der Waals surface area (Å²) in [5.41, 5.74) is 3.56. The molecule has 1 saturated carbocycles. The van der Waals surface area contributed by atoms with Gasteiger partial charge < -0.3 is 4.98 Å². The summed E-state index contributed by atoms with van der Waals surface area (Å²) < 4.78 is 1.15. The Morgan fingerprint density at radius 1 is 1.38 bits per heavy atom. The number of aromatic nitrogens is 2. The molecule has 0 saturated heterocycles. The van der Waals surface area contributed by atoms with E-state index in [4.69, 9.17) is 0 Å². The van der Waals surface area contributed by atoms with E-state index in [9.17, 15) is 0 Å². The van der Waals surface area contributed by atoms with Crippen LogP contribution >= 0.6 is 15.9 Å². The van der Waals surface area contributed by atoms with E-state index in [1.807, 2.05) is 6.20 Å². The Morgan fingerprint density at radius 3 is 2.88 bits per heavy atom. The molecule has 0 amide bonds. The number of rotatable bonds is 2. The highest BCUT2D eigenvalue weighted by atomic mass is 79.9. The van der Waals surface area contributed by atoms with Gasteiger partial charge in [0.15, 0.2) is 0 Å². The topological polar surface area (TPSA) is 28.7 Å². The van der Waals surface area contributed by atoms with Crippen molar-refractivity contribution in [2.24, 2.45) is 0 Å². The molecule has 0 aliphatic heterocycles. The number of nitrogens with zero attached hydrogens (tertiary/aromatic N) is 1. The standard InChI is InChI=1S/C13H13BrN2/c1-8-2-3-10(6-11(8)14)12-7-15-13(16-12)9-4-5-9/h2-3,6-7,9H,4-5H2,1H3,(H,15,16). The summed E-state index contributed by atoms with van der Waals surface area (Å²) in [5.74, 6) is 1.83. The molecule has 0 spiro atoms. The summed E-state index contributed by atoms with van der Waals surface area (Å²) in [5, 5.41) is 0. The first-order chi connectivity index (χ1) is 7.74. The van der Waals surface area contributed by atoms with Gasteiger partial charge in [-0.2, -0.15) is 0 Å². The molecule has 1 heterocycles. The van der Waals surface area contributed by atoms with Crippen molar-refractivity contribution in [3.05, 3.63) is 40.3 Å². The smallest absolute Gasteiger partial charge is 0.109 e. The summed E-state index contributed by atoms with van der Waals surface area (Å²) >= 11 is 3.56. The molecule has 1 aromatic heterocycles. The van der Waals surface area contributed by atoms with Crippen LogP contribution in [0, 0.1) is 6.92 Å². The Bertz CT molecular complexity index is 526. The number of benzene rings is 1. The average Bonchev–Trinajstić information content (AvgIpc) is 3.01. The first-order valence-corrected chi connectivity index (χ1v) is 6.35. The van der Waals surface area contributed by atoms with Crippen molar-refractivity contribution in [3.63, 3.8) is 0 Å². The van der Waals surface area contributed by atoms with Crippen LogP contribution in [-0.2, 0) is 0 Å². The van der Waals surface area contributed by atoms with Gasteiger partial charge in [0.05, 0.1) is 11.9 Å². The van der Waals surface area contributed by atoms with Gasteiger partial charge in [0, 0.05) is 16.0 Å². The van der Waals surface area contributed by atoms with Crippen LogP contribution in [0.3, 0.4) is 0 Å². The van der Waals surface area contributed by atoms with E-state index in [0.29, 0.717) is 5.92 Å². The van der Waals surface area contributed by atoms with Crippen molar-refractivity contribution >= 4 is 15.9 Å². The molecule has 1 aromatic carbocycles. The molecule has 1 N–H and O–H groups in total. The lowest BCUT2D eigenvalue weighted by molar-refractivity contribution is 0.977. The number of H-pyrrole nitrogens is 1. The van der Waals surface area contributed by atoms with Crippen molar-refractivity contribution in [3.8, 4) is 11.3 Å². The Hall–Kier alpha value is -1.09. The average molecular weight is 277 g/mol.